The Bertz CT molecular complexity index is 243. The van der Waals surface area contributed by atoms with Crippen molar-refractivity contribution in [2.45, 2.75) is 78.9 Å². The predicted octanol–water partition coefficient (Wildman–Crippen LogP) is 3.52. The van der Waals surface area contributed by atoms with Crippen LogP contribution in [0.1, 0.15) is 61.3 Å². The third-order valence-corrected chi connectivity index (χ3v) is 4.82. The highest BCUT2D eigenvalue weighted by molar-refractivity contribution is 4.96. The molecule has 0 aromatic carbocycles. The quantitative estimate of drug-likeness (QED) is 0.807. The molecule has 2 unspecified atom stereocenters. The van der Waals surface area contributed by atoms with E-state index in [2.05, 4.69) is 58.7 Å². The minimum Gasteiger partial charge on any atom is -0.309 e. The zero-order chi connectivity index (χ0) is 13.9. The second-order valence-electron chi connectivity index (χ2n) is 7.07. The monoisotopic (exact) mass is 254 g/mol. The van der Waals surface area contributed by atoms with Crippen LogP contribution < -0.4 is 5.32 Å². The van der Waals surface area contributed by atoms with E-state index in [1.165, 1.54) is 19.4 Å². The molecule has 0 amide bonds. The molecule has 0 spiro atoms. The fourth-order valence-corrected chi connectivity index (χ4v) is 3.43. The summed E-state index contributed by atoms with van der Waals surface area (Å²) in [6.07, 6.45) is 2.60. The third kappa shape index (κ3) is 3.71. The molecule has 2 nitrogen and oxygen atoms in total. The molecule has 0 radical (unpaired) electrons. The van der Waals surface area contributed by atoms with Crippen LogP contribution in [0.2, 0.25) is 0 Å². The molecule has 0 bridgehead atoms. The Morgan fingerprint density at radius 1 is 1.17 bits per heavy atom. The maximum absolute atomic E-state index is 3.71. The molecule has 2 atom stereocenters. The van der Waals surface area contributed by atoms with Gasteiger partial charge in [0.2, 0.25) is 0 Å². The minimum atomic E-state index is 0.256. The van der Waals surface area contributed by atoms with Gasteiger partial charge in [0, 0.05) is 30.7 Å². The van der Waals surface area contributed by atoms with Crippen LogP contribution in [0.15, 0.2) is 0 Å². The van der Waals surface area contributed by atoms with E-state index < -0.39 is 0 Å². The van der Waals surface area contributed by atoms with E-state index in [1.54, 1.807) is 0 Å². The van der Waals surface area contributed by atoms with E-state index >= 15 is 0 Å². The second-order valence-corrected chi connectivity index (χ2v) is 7.07. The van der Waals surface area contributed by atoms with E-state index in [9.17, 15) is 0 Å². The number of nitrogens with zero attached hydrogens (tertiary/aromatic N) is 1. The largest absolute Gasteiger partial charge is 0.309 e. The van der Waals surface area contributed by atoms with Crippen LogP contribution in [0.3, 0.4) is 0 Å². The zero-order valence-corrected chi connectivity index (χ0v) is 13.6. The SMILES string of the molecule is CCC(CC)C(C)N1CC(C)(C)NCC1C(C)C. The van der Waals surface area contributed by atoms with E-state index in [-0.39, 0.29) is 5.54 Å². The van der Waals surface area contributed by atoms with Gasteiger partial charge in [-0.05, 0) is 32.6 Å². The van der Waals surface area contributed by atoms with Gasteiger partial charge in [0.15, 0.2) is 0 Å². The van der Waals surface area contributed by atoms with Crippen LogP contribution in [0.25, 0.3) is 0 Å². The van der Waals surface area contributed by atoms with Crippen molar-refractivity contribution in [3.05, 3.63) is 0 Å². The zero-order valence-electron chi connectivity index (χ0n) is 13.6. The van der Waals surface area contributed by atoms with Crippen LogP contribution in [0, 0.1) is 11.8 Å². The lowest BCUT2D eigenvalue weighted by molar-refractivity contribution is 0.0146. The molecule has 108 valence electrons. The summed E-state index contributed by atoms with van der Waals surface area (Å²) < 4.78 is 0. The summed E-state index contributed by atoms with van der Waals surface area (Å²) in [6.45, 7) is 18.8. The summed E-state index contributed by atoms with van der Waals surface area (Å²) in [5.74, 6) is 1.56. The van der Waals surface area contributed by atoms with Crippen LogP contribution >= 0.6 is 0 Å². The molecule has 18 heavy (non-hydrogen) atoms. The summed E-state index contributed by atoms with van der Waals surface area (Å²) in [4.78, 5) is 2.78. The molecule has 1 aliphatic rings. The second kappa shape index (κ2) is 6.38. The van der Waals surface area contributed by atoms with Gasteiger partial charge in [-0.1, -0.05) is 40.5 Å². The number of nitrogens with one attached hydrogen (secondary N) is 1. The Labute approximate surface area is 115 Å². The molecular formula is C16H34N2. The van der Waals surface area contributed by atoms with Crippen LogP contribution in [0.5, 0.6) is 0 Å². The first-order valence-corrected chi connectivity index (χ1v) is 7.83. The lowest BCUT2D eigenvalue weighted by atomic mass is 9.87. The lowest BCUT2D eigenvalue weighted by Gasteiger charge is -2.50. The van der Waals surface area contributed by atoms with Crippen molar-refractivity contribution in [3.8, 4) is 0 Å². The molecular weight excluding hydrogens is 220 g/mol. The Morgan fingerprint density at radius 3 is 2.17 bits per heavy atom. The van der Waals surface area contributed by atoms with Gasteiger partial charge in [0.05, 0.1) is 0 Å². The first kappa shape index (κ1) is 16.0. The highest BCUT2D eigenvalue weighted by Crippen LogP contribution is 2.27. The van der Waals surface area contributed by atoms with Crippen molar-refractivity contribution in [1.82, 2.24) is 10.2 Å². The first-order valence-electron chi connectivity index (χ1n) is 7.83. The molecule has 0 aromatic heterocycles. The van der Waals surface area contributed by atoms with Crippen molar-refractivity contribution >= 4 is 0 Å². The number of piperazine rings is 1. The summed E-state index contributed by atoms with van der Waals surface area (Å²) in [7, 11) is 0. The molecule has 1 N–H and O–H groups in total. The van der Waals surface area contributed by atoms with Gasteiger partial charge in [-0.25, -0.2) is 0 Å². The van der Waals surface area contributed by atoms with Crippen molar-refractivity contribution < 1.29 is 0 Å². The molecule has 1 heterocycles. The standard InChI is InChI=1S/C16H34N2/c1-8-14(9-2)13(5)18-11-16(6,7)17-10-15(18)12(3)4/h12-15,17H,8-11H2,1-7H3. The normalized spacial score (nSPS) is 26.8. The van der Waals surface area contributed by atoms with E-state index in [0.29, 0.717) is 12.1 Å². The molecule has 2 heteroatoms. The maximum atomic E-state index is 3.71. The average molecular weight is 254 g/mol. The third-order valence-electron chi connectivity index (χ3n) is 4.82. The van der Waals surface area contributed by atoms with Gasteiger partial charge < -0.3 is 5.32 Å². The summed E-state index contributed by atoms with van der Waals surface area (Å²) >= 11 is 0. The molecule has 1 aliphatic heterocycles. The van der Waals surface area contributed by atoms with Crippen molar-refractivity contribution in [1.29, 1.82) is 0 Å². The Balaban J connectivity index is 2.83. The van der Waals surface area contributed by atoms with Gasteiger partial charge in [-0.15, -0.1) is 0 Å². The summed E-state index contributed by atoms with van der Waals surface area (Å²) in [5.41, 5.74) is 0.256. The molecule has 1 rings (SSSR count). The summed E-state index contributed by atoms with van der Waals surface area (Å²) in [6, 6.07) is 1.39. The topological polar surface area (TPSA) is 15.3 Å². The Kier molecular flexibility index (Phi) is 5.67. The smallest absolute Gasteiger partial charge is 0.0253 e. The fourth-order valence-electron chi connectivity index (χ4n) is 3.43. The minimum absolute atomic E-state index is 0.256. The van der Waals surface area contributed by atoms with Gasteiger partial charge in [-0.2, -0.15) is 0 Å². The Hall–Kier alpha value is -0.0800. The molecule has 0 aromatic rings. The van der Waals surface area contributed by atoms with Gasteiger partial charge in [0.1, 0.15) is 0 Å². The van der Waals surface area contributed by atoms with E-state index in [0.717, 1.165) is 18.4 Å². The van der Waals surface area contributed by atoms with Crippen molar-refractivity contribution in [3.63, 3.8) is 0 Å². The molecule has 0 aliphatic carbocycles. The van der Waals surface area contributed by atoms with Crippen LogP contribution in [0.4, 0.5) is 0 Å². The number of hydrogen-bond acceptors (Lipinski definition) is 2. The number of rotatable bonds is 5. The van der Waals surface area contributed by atoms with E-state index in [1.807, 2.05) is 0 Å². The maximum Gasteiger partial charge on any atom is 0.0253 e. The predicted molar refractivity (Wildman–Crippen MR) is 80.9 cm³/mol. The van der Waals surface area contributed by atoms with Crippen molar-refractivity contribution in [2.75, 3.05) is 13.1 Å². The molecule has 1 saturated heterocycles. The fraction of sp³-hybridized carbons (Fsp3) is 1.00. The lowest BCUT2D eigenvalue weighted by Crippen LogP contribution is -2.65. The van der Waals surface area contributed by atoms with Crippen LogP contribution in [-0.2, 0) is 0 Å². The first-order chi connectivity index (χ1) is 8.32. The van der Waals surface area contributed by atoms with E-state index in [4.69, 9.17) is 0 Å². The Morgan fingerprint density at radius 2 is 1.72 bits per heavy atom. The summed E-state index contributed by atoms with van der Waals surface area (Å²) in [5, 5.41) is 3.71. The average Bonchev–Trinajstić information content (AvgIpc) is 2.28. The van der Waals surface area contributed by atoms with Gasteiger partial charge >= 0.3 is 0 Å². The van der Waals surface area contributed by atoms with Crippen molar-refractivity contribution in [2.24, 2.45) is 11.8 Å². The highest BCUT2D eigenvalue weighted by atomic mass is 15.3. The molecule has 0 saturated carbocycles. The highest BCUT2D eigenvalue weighted by Gasteiger charge is 2.37. The number of hydrogen-bond donors (Lipinski definition) is 1. The van der Waals surface area contributed by atoms with Gasteiger partial charge in [0.25, 0.3) is 0 Å². The van der Waals surface area contributed by atoms with Gasteiger partial charge in [-0.3, -0.25) is 4.90 Å². The van der Waals surface area contributed by atoms with Crippen LogP contribution in [-0.4, -0.2) is 35.6 Å². The molecule has 1 fully saturated rings.